The van der Waals surface area contributed by atoms with Crippen LogP contribution in [0, 0.1) is 22.7 Å². The van der Waals surface area contributed by atoms with Crippen molar-refractivity contribution in [3.63, 3.8) is 0 Å². The standard InChI is InChI=1S/C16H24ClNO/c1-15-7-12-6-13(8-15)10-16(9-12,11-15)14(19)18-5-3-2-4-17/h2-3,12-13H,4-11H2,1H3,(H,18,19)/b3-2+. The summed E-state index contributed by atoms with van der Waals surface area (Å²) in [6.45, 7) is 3.03. The zero-order valence-electron chi connectivity index (χ0n) is 11.8. The molecule has 4 rings (SSSR count). The SMILES string of the molecule is CC12CC3CC(C1)CC(C(=O)NC/C=C/CCl)(C3)C2. The van der Waals surface area contributed by atoms with Gasteiger partial charge in [0.05, 0.1) is 5.41 Å². The monoisotopic (exact) mass is 281 g/mol. The molecule has 1 amide bonds. The van der Waals surface area contributed by atoms with E-state index in [1.807, 2.05) is 12.2 Å². The van der Waals surface area contributed by atoms with Gasteiger partial charge in [0.2, 0.25) is 5.91 Å². The van der Waals surface area contributed by atoms with Gasteiger partial charge in [0, 0.05) is 12.4 Å². The minimum atomic E-state index is -0.0480. The van der Waals surface area contributed by atoms with Crippen molar-refractivity contribution >= 4 is 17.5 Å². The molecule has 0 saturated heterocycles. The van der Waals surface area contributed by atoms with Gasteiger partial charge in [-0.3, -0.25) is 4.79 Å². The molecule has 4 saturated carbocycles. The average Bonchev–Trinajstić information content (AvgIpc) is 2.31. The van der Waals surface area contributed by atoms with Gasteiger partial charge in [0.25, 0.3) is 0 Å². The molecule has 3 heteroatoms. The number of amides is 1. The normalized spacial score (nSPS) is 43.9. The molecule has 2 atom stereocenters. The van der Waals surface area contributed by atoms with Crippen molar-refractivity contribution in [3.8, 4) is 0 Å². The van der Waals surface area contributed by atoms with E-state index < -0.39 is 0 Å². The molecule has 4 aliphatic carbocycles. The van der Waals surface area contributed by atoms with Crippen LogP contribution in [0.15, 0.2) is 12.2 Å². The summed E-state index contributed by atoms with van der Waals surface area (Å²) in [5.41, 5.74) is 0.390. The number of carbonyl (C=O) groups is 1. The van der Waals surface area contributed by atoms with Crippen LogP contribution in [0.1, 0.15) is 45.4 Å². The minimum absolute atomic E-state index is 0.0480. The molecule has 19 heavy (non-hydrogen) atoms. The van der Waals surface area contributed by atoms with Gasteiger partial charge in [-0.1, -0.05) is 19.1 Å². The maximum absolute atomic E-state index is 12.6. The van der Waals surface area contributed by atoms with Crippen LogP contribution in [0.25, 0.3) is 0 Å². The third kappa shape index (κ3) is 2.44. The van der Waals surface area contributed by atoms with Crippen molar-refractivity contribution < 1.29 is 4.79 Å². The zero-order valence-corrected chi connectivity index (χ0v) is 12.5. The molecule has 1 N–H and O–H groups in total. The quantitative estimate of drug-likeness (QED) is 0.620. The first-order valence-electron chi connectivity index (χ1n) is 7.55. The van der Waals surface area contributed by atoms with E-state index in [0.717, 1.165) is 31.1 Å². The van der Waals surface area contributed by atoms with Crippen LogP contribution in [0.2, 0.25) is 0 Å². The van der Waals surface area contributed by atoms with Crippen LogP contribution < -0.4 is 5.32 Å². The summed E-state index contributed by atoms with van der Waals surface area (Å²) in [4.78, 5) is 12.6. The topological polar surface area (TPSA) is 29.1 Å². The fraction of sp³-hybridized carbons (Fsp3) is 0.812. The van der Waals surface area contributed by atoms with Crippen molar-refractivity contribution in [2.24, 2.45) is 22.7 Å². The second kappa shape index (κ2) is 4.80. The number of hydrogen-bond acceptors (Lipinski definition) is 1. The van der Waals surface area contributed by atoms with Gasteiger partial charge in [-0.25, -0.2) is 0 Å². The Morgan fingerprint density at radius 2 is 1.95 bits per heavy atom. The summed E-state index contributed by atoms with van der Waals surface area (Å²) in [7, 11) is 0. The maximum atomic E-state index is 12.6. The van der Waals surface area contributed by atoms with E-state index in [2.05, 4.69) is 12.2 Å². The second-order valence-electron chi connectivity index (χ2n) is 7.39. The summed E-state index contributed by atoms with van der Waals surface area (Å²) < 4.78 is 0. The van der Waals surface area contributed by atoms with Crippen LogP contribution >= 0.6 is 11.6 Å². The maximum Gasteiger partial charge on any atom is 0.226 e. The molecule has 0 aromatic carbocycles. The second-order valence-corrected chi connectivity index (χ2v) is 7.70. The van der Waals surface area contributed by atoms with Gasteiger partial charge in [0.1, 0.15) is 0 Å². The van der Waals surface area contributed by atoms with Crippen molar-refractivity contribution in [3.05, 3.63) is 12.2 Å². The van der Waals surface area contributed by atoms with Gasteiger partial charge in [-0.2, -0.15) is 0 Å². The molecular formula is C16H24ClNO. The van der Waals surface area contributed by atoms with E-state index in [4.69, 9.17) is 11.6 Å². The Labute approximate surface area is 121 Å². The highest BCUT2D eigenvalue weighted by Crippen LogP contribution is 2.65. The van der Waals surface area contributed by atoms with Crippen LogP contribution in [0.4, 0.5) is 0 Å². The molecule has 0 aromatic heterocycles. The van der Waals surface area contributed by atoms with Gasteiger partial charge in [-0.15, -0.1) is 11.6 Å². The molecule has 0 spiro atoms. The number of nitrogens with one attached hydrogen (secondary N) is 1. The highest BCUT2D eigenvalue weighted by molar-refractivity contribution is 6.18. The third-order valence-electron chi connectivity index (χ3n) is 5.47. The Morgan fingerprint density at radius 3 is 2.53 bits per heavy atom. The lowest BCUT2D eigenvalue weighted by atomic mass is 9.44. The molecule has 0 aromatic rings. The van der Waals surface area contributed by atoms with E-state index in [9.17, 15) is 4.79 Å². The van der Waals surface area contributed by atoms with E-state index in [1.54, 1.807) is 0 Å². The van der Waals surface area contributed by atoms with Crippen LogP contribution in [0.5, 0.6) is 0 Å². The Morgan fingerprint density at radius 1 is 1.26 bits per heavy atom. The van der Waals surface area contributed by atoms with Gasteiger partial charge < -0.3 is 5.32 Å². The highest BCUT2D eigenvalue weighted by Gasteiger charge is 2.58. The Balaban J connectivity index is 1.69. The first-order valence-corrected chi connectivity index (χ1v) is 8.08. The molecule has 0 aliphatic heterocycles. The fourth-order valence-corrected chi connectivity index (χ4v) is 5.60. The molecular weight excluding hydrogens is 258 g/mol. The number of alkyl halides is 1. The summed E-state index contributed by atoms with van der Waals surface area (Å²) in [6, 6.07) is 0. The summed E-state index contributed by atoms with van der Waals surface area (Å²) in [5, 5.41) is 3.11. The molecule has 4 fully saturated rings. The van der Waals surface area contributed by atoms with Gasteiger partial charge in [0.15, 0.2) is 0 Å². The Hall–Kier alpha value is -0.500. The van der Waals surface area contributed by atoms with Crippen molar-refractivity contribution in [1.29, 1.82) is 0 Å². The minimum Gasteiger partial charge on any atom is -0.352 e. The summed E-state index contributed by atoms with van der Waals surface area (Å²) in [6.07, 6.45) is 11.3. The van der Waals surface area contributed by atoms with Crippen LogP contribution in [-0.2, 0) is 4.79 Å². The van der Waals surface area contributed by atoms with E-state index in [0.29, 0.717) is 23.7 Å². The van der Waals surface area contributed by atoms with E-state index >= 15 is 0 Å². The van der Waals surface area contributed by atoms with Crippen molar-refractivity contribution in [2.45, 2.75) is 45.4 Å². The number of halogens is 1. The van der Waals surface area contributed by atoms with E-state index in [-0.39, 0.29) is 5.41 Å². The van der Waals surface area contributed by atoms with Gasteiger partial charge in [-0.05, 0) is 55.8 Å². The average molecular weight is 282 g/mol. The molecule has 2 nitrogen and oxygen atoms in total. The Kier molecular flexibility index (Phi) is 3.41. The lowest BCUT2D eigenvalue weighted by molar-refractivity contribution is -0.155. The molecule has 0 heterocycles. The number of rotatable bonds is 4. The summed E-state index contributed by atoms with van der Waals surface area (Å²) >= 11 is 5.59. The van der Waals surface area contributed by atoms with Crippen LogP contribution in [-0.4, -0.2) is 18.3 Å². The number of carbonyl (C=O) groups excluding carboxylic acids is 1. The zero-order chi connectivity index (χ0) is 13.5. The largest absolute Gasteiger partial charge is 0.352 e. The highest BCUT2D eigenvalue weighted by atomic mass is 35.5. The molecule has 4 bridgehead atoms. The molecule has 4 aliphatic rings. The first kappa shape index (κ1) is 13.5. The van der Waals surface area contributed by atoms with Gasteiger partial charge >= 0.3 is 0 Å². The van der Waals surface area contributed by atoms with Crippen molar-refractivity contribution in [2.75, 3.05) is 12.4 Å². The molecule has 2 unspecified atom stereocenters. The lowest BCUT2D eigenvalue weighted by Crippen LogP contribution is -2.56. The van der Waals surface area contributed by atoms with E-state index in [1.165, 1.54) is 19.3 Å². The molecule has 106 valence electrons. The third-order valence-corrected chi connectivity index (χ3v) is 5.65. The smallest absolute Gasteiger partial charge is 0.226 e. The fourth-order valence-electron chi connectivity index (χ4n) is 5.47. The van der Waals surface area contributed by atoms with Crippen LogP contribution in [0.3, 0.4) is 0 Å². The molecule has 0 radical (unpaired) electrons. The Bertz CT molecular complexity index is 390. The first-order chi connectivity index (χ1) is 9.05. The number of allylic oxidation sites excluding steroid dienone is 1. The lowest BCUT2D eigenvalue weighted by Gasteiger charge is -2.60. The van der Waals surface area contributed by atoms with Crippen molar-refractivity contribution in [1.82, 2.24) is 5.32 Å². The summed E-state index contributed by atoms with van der Waals surface area (Å²) in [5.74, 6) is 2.42. The predicted octanol–water partition coefficient (Wildman–Crippen LogP) is 3.50. The number of hydrogen-bond donors (Lipinski definition) is 1. The predicted molar refractivity (Wildman–Crippen MR) is 78.1 cm³/mol.